The first-order valence-corrected chi connectivity index (χ1v) is 7.06. The smallest absolute Gasteiger partial charge is 0.237 e. The normalized spacial score (nSPS) is 25.4. The lowest BCUT2D eigenvalue weighted by Gasteiger charge is -2.27. The van der Waals surface area contributed by atoms with Gasteiger partial charge >= 0.3 is 0 Å². The highest BCUT2D eigenvalue weighted by atomic mass is 16.2. The molecule has 0 aromatic heterocycles. The molecule has 0 aliphatic carbocycles. The van der Waals surface area contributed by atoms with E-state index in [1.54, 1.807) is 0 Å². The minimum Gasteiger partial charge on any atom is -0.355 e. The van der Waals surface area contributed by atoms with Crippen molar-refractivity contribution in [3.8, 4) is 0 Å². The second kappa shape index (κ2) is 6.73. The summed E-state index contributed by atoms with van der Waals surface area (Å²) in [5, 5.41) is 5.98. The van der Waals surface area contributed by atoms with E-state index < -0.39 is 0 Å². The highest BCUT2D eigenvalue weighted by Gasteiger charge is 2.22. The maximum atomic E-state index is 12.0. The summed E-state index contributed by atoms with van der Waals surface area (Å²) in [6.07, 6.45) is 6.34. The Bertz CT molecular complexity index is 301. The zero-order valence-corrected chi connectivity index (χ0v) is 10.9. The lowest BCUT2D eigenvalue weighted by Crippen LogP contribution is -2.48. The van der Waals surface area contributed by atoms with Gasteiger partial charge in [-0.3, -0.25) is 14.9 Å². The van der Waals surface area contributed by atoms with Gasteiger partial charge in [0.2, 0.25) is 11.8 Å². The van der Waals surface area contributed by atoms with Crippen molar-refractivity contribution in [1.82, 2.24) is 15.5 Å². The van der Waals surface area contributed by atoms with Gasteiger partial charge in [0.1, 0.15) is 0 Å². The molecule has 2 heterocycles. The van der Waals surface area contributed by atoms with E-state index in [-0.39, 0.29) is 24.4 Å². The predicted octanol–water partition coefficient (Wildman–Crippen LogP) is 0.257. The molecule has 2 rings (SSSR count). The minimum atomic E-state index is -0.193. The Hall–Kier alpha value is -1.10. The molecule has 0 aromatic rings. The molecule has 0 saturated carbocycles. The van der Waals surface area contributed by atoms with Crippen LogP contribution < -0.4 is 10.6 Å². The van der Waals surface area contributed by atoms with Crippen LogP contribution in [0.1, 0.15) is 38.5 Å². The van der Waals surface area contributed by atoms with Gasteiger partial charge in [-0.1, -0.05) is 0 Å². The molecule has 0 aromatic carbocycles. The van der Waals surface area contributed by atoms with E-state index in [0.29, 0.717) is 0 Å². The number of carbonyl (C=O) groups excluding carboxylic acids is 2. The minimum absolute atomic E-state index is 0.0407. The maximum Gasteiger partial charge on any atom is 0.237 e. The molecule has 2 aliphatic heterocycles. The second-order valence-corrected chi connectivity index (χ2v) is 5.16. The van der Waals surface area contributed by atoms with Gasteiger partial charge in [-0.25, -0.2) is 0 Å². The van der Waals surface area contributed by atoms with Crippen LogP contribution in [-0.4, -0.2) is 48.9 Å². The Balaban J connectivity index is 1.75. The van der Waals surface area contributed by atoms with Crippen LogP contribution in [0.5, 0.6) is 0 Å². The van der Waals surface area contributed by atoms with Gasteiger partial charge in [0.25, 0.3) is 0 Å². The first-order valence-electron chi connectivity index (χ1n) is 7.06. The molecule has 5 nitrogen and oxygen atoms in total. The summed E-state index contributed by atoms with van der Waals surface area (Å²) in [7, 11) is 0. The molecule has 0 radical (unpaired) electrons. The van der Waals surface area contributed by atoms with Crippen molar-refractivity contribution in [2.24, 2.45) is 0 Å². The van der Waals surface area contributed by atoms with E-state index in [4.69, 9.17) is 0 Å². The van der Waals surface area contributed by atoms with E-state index in [1.165, 1.54) is 6.42 Å². The Labute approximate surface area is 108 Å². The van der Waals surface area contributed by atoms with Gasteiger partial charge in [0, 0.05) is 19.6 Å². The standard InChI is InChI=1S/C13H23N3O2/c17-12(16-8-4-1-5-9-16)10-15-11-6-2-3-7-14-13(11)18/h11,15H,1-10H2,(H,14,18). The fourth-order valence-electron chi connectivity index (χ4n) is 2.60. The predicted molar refractivity (Wildman–Crippen MR) is 69.1 cm³/mol. The molecule has 1 unspecified atom stereocenters. The number of nitrogens with zero attached hydrogens (tertiary/aromatic N) is 1. The van der Waals surface area contributed by atoms with Crippen LogP contribution in [0.15, 0.2) is 0 Å². The van der Waals surface area contributed by atoms with Gasteiger partial charge in [0.05, 0.1) is 12.6 Å². The van der Waals surface area contributed by atoms with Crippen LogP contribution in [0.4, 0.5) is 0 Å². The number of rotatable bonds is 3. The zero-order chi connectivity index (χ0) is 12.8. The highest BCUT2D eigenvalue weighted by molar-refractivity contribution is 5.83. The summed E-state index contributed by atoms with van der Waals surface area (Å²) >= 11 is 0. The SMILES string of the molecule is O=C1NCCCCC1NCC(=O)N1CCCCC1. The number of nitrogens with one attached hydrogen (secondary N) is 2. The fourth-order valence-corrected chi connectivity index (χ4v) is 2.60. The van der Waals surface area contributed by atoms with E-state index >= 15 is 0 Å². The second-order valence-electron chi connectivity index (χ2n) is 5.16. The Morgan fingerprint density at radius 2 is 2.00 bits per heavy atom. The molecule has 2 fully saturated rings. The highest BCUT2D eigenvalue weighted by Crippen LogP contribution is 2.09. The van der Waals surface area contributed by atoms with E-state index in [1.807, 2.05) is 4.90 Å². The van der Waals surface area contributed by atoms with Crippen molar-refractivity contribution in [3.05, 3.63) is 0 Å². The van der Waals surface area contributed by atoms with Crippen molar-refractivity contribution < 1.29 is 9.59 Å². The van der Waals surface area contributed by atoms with Crippen LogP contribution in [0.2, 0.25) is 0 Å². The van der Waals surface area contributed by atoms with E-state index in [9.17, 15) is 9.59 Å². The van der Waals surface area contributed by atoms with Crippen molar-refractivity contribution in [3.63, 3.8) is 0 Å². The number of amides is 2. The Morgan fingerprint density at radius 1 is 1.22 bits per heavy atom. The van der Waals surface area contributed by atoms with Gasteiger partial charge in [-0.2, -0.15) is 0 Å². The third-order valence-electron chi connectivity index (χ3n) is 3.74. The van der Waals surface area contributed by atoms with Gasteiger partial charge in [-0.15, -0.1) is 0 Å². The summed E-state index contributed by atoms with van der Waals surface area (Å²) in [6.45, 7) is 2.80. The average molecular weight is 253 g/mol. The molecule has 2 N–H and O–H groups in total. The van der Waals surface area contributed by atoms with Gasteiger partial charge in [0.15, 0.2) is 0 Å². The molecule has 18 heavy (non-hydrogen) atoms. The lowest BCUT2D eigenvalue weighted by molar-refractivity contribution is -0.131. The van der Waals surface area contributed by atoms with Crippen molar-refractivity contribution in [2.75, 3.05) is 26.2 Å². The first-order chi connectivity index (χ1) is 8.77. The number of hydrogen-bond donors (Lipinski definition) is 2. The number of carbonyl (C=O) groups is 2. The molecule has 2 aliphatic rings. The first kappa shape index (κ1) is 13.3. The summed E-state index contributed by atoms with van der Waals surface area (Å²) < 4.78 is 0. The molecule has 2 saturated heterocycles. The molecule has 0 spiro atoms. The number of hydrogen-bond acceptors (Lipinski definition) is 3. The Morgan fingerprint density at radius 3 is 2.78 bits per heavy atom. The van der Waals surface area contributed by atoms with E-state index in [0.717, 1.165) is 51.7 Å². The van der Waals surface area contributed by atoms with Crippen LogP contribution >= 0.6 is 0 Å². The molecule has 0 bridgehead atoms. The maximum absolute atomic E-state index is 12.0. The van der Waals surface area contributed by atoms with E-state index in [2.05, 4.69) is 10.6 Å². The molecular formula is C13H23N3O2. The molecule has 1 atom stereocenters. The average Bonchev–Trinajstić information content (AvgIpc) is 2.62. The monoisotopic (exact) mass is 253 g/mol. The number of likely N-dealkylation sites (tertiary alicyclic amines) is 1. The third-order valence-corrected chi connectivity index (χ3v) is 3.74. The van der Waals surface area contributed by atoms with Crippen LogP contribution in [0, 0.1) is 0 Å². The summed E-state index contributed by atoms with van der Waals surface area (Å²) in [5.74, 6) is 0.172. The van der Waals surface area contributed by atoms with Crippen LogP contribution in [0.3, 0.4) is 0 Å². The Kier molecular flexibility index (Phi) is 4.99. The van der Waals surface area contributed by atoms with Crippen LogP contribution in [-0.2, 0) is 9.59 Å². The molecule has 2 amide bonds. The molecule has 102 valence electrons. The summed E-state index contributed by atoms with van der Waals surface area (Å²) in [5.41, 5.74) is 0. The van der Waals surface area contributed by atoms with Crippen molar-refractivity contribution in [2.45, 2.75) is 44.6 Å². The third kappa shape index (κ3) is 3.70. The van der Waals surface area contributed by atoms with Crippen LogP contribution in [0.25, 0.3) is 0 Å². The molecule has 5 heteroatoms. The lowest BCUT2D eigenvalue weighted by atomic mass is 10.1. The quantitative estimate of drug-likeness (QED) is 0.758. The molecular weight excluding hydrogens is 230 g/mol. The van der Waals surface area contributed by atoms with Gasteiger partial charge < -0.3 is 10.2 Å². The van der Waals surface area contributed by atoms with Crippen molar-refractivity contribution >= 4 is 11.8 Å². The van der Waals surface area contributed by atoms with Gasteiger partial charge in [-0.05, 0) is 38.5 Å². The van der Waals surface area contributed by atoms with Crippen molar-refractivity contribution in [1.29, 1.82) is 0 Å². The topological polar surface area (TPSA) is 61.4 Å². The summed E-state index contributed by atoms with van der Waals surface area (Å²) in [6, 6.07) is -0.193. The fraction of sp³-hybridized carbons (Fsp3) is 0.846. The largest absolute Gasteiger partial charge is 0.355 e. The number of piperidine rings is 1. The zero-order valence-electron chi connectivity index (χ0n) is 10.9. The summed E-state index contributed by atoms with van der Waals surface area (Å²) in [4.78, 5) is 25.6.